The van der Waals surface area contributed by atoms with Crippen molar-refractivity contribution in [3.05, 3.63) is 59.9 Å². The molecule has 0 radical (unpaired) electrons. The number of likely N-dealkylation sites (N-methyl/N-ethyl adjacent to an activating group) is 1. The summed E-state index contributed by atoms with van der Waals surface area (Å²) in [7, 11) is 5.37. The highest BCUT2D eigenvalue weighted by atomic mass is 16.5. The summed E-state index contributed by atoms with van der Waals surface area (Å²) in [6, 6.07) is 11.3. The molecule has 2 aliphatic heterocycles. The second kappa shape index (κ2) is 10.6. The third-order valence-electron chi connectivity index (χ3n) is 7.28. The molecule has 3 heterocycles. The largest absolute Gasteiger partial charge is 0.497 e. The highest BCUT2D eigenvalue weighted by Crippen LogP contribution is 2.42. The molecule has 2 saturated heterocycles. The van der Waals surface area contributed by atoms with Gasteiger partial charge in [0.1, 0.15) is 5.75 Å². The van der Waals surface area contributed by atoms with Gasteiger partial charge in [-0.2, -0.15) is 0 Å². The average molecular weight is 479 g/mol. The number of carbonyl (C=O) groups excluding carboxylic acids is 3. The molecule has 0 saturated carbocycles. The molecule has 0 N–H and O–H groups in total. The maximum atomic E-state index is 13.8. The van der Waals surface area contributed by atoms with Crippen molar-refractivity contribution in [3.8, 4) is 5.75 Å². The predicted octanol–water partition coefficient (Wildman–Crippen LogP) is 2.44. The number of rotatable bonds is 8. The summed E-state index contributed by atoms with van der Waals surface area (Å²) in [5.74, 6) is 0.378. The average Bonchev–Trinajstić information content (AvgIpc) is 3.12. The van der Waals surface area contributed by atoms with E-state index >= 15 is 0 Å². The van der Waals surface area contributed by atoms with Crippen LogP contribution in [-0.4, -0.2) is 84.8 Å². The molecule has 1 unspecified atom stereocenters. The Morgan fingerprint density at radius 2 is 1.86 bits per heavy atom. The molecule has 8 nitrogen and oxygen atoms in total. The Labute approximate surface area is 206 Å². The van der Waals surface area contributed by atoms with Gasteiger partial charge in [0.2, 0.25) is 17.7 Å². The molecule has 2 fully saturated rings. The third-order valence-corrected chi connectivity index (χ3v) is 7.28. The Morgan fingerprint density at radius 3 is 2.51 bits per heavy atom. The first-order valence-electron chi connectivity index (χ1n) is 12.2. The lowest BCUT2D eigenvalue weighted by atomic mass is 9.75. The summed E-state index contributed by atoms with van der Waals surface area (Å²) in [5.41, 5.74) is 0.687. The molecular formula is C27H34N4O4. The number of methoxy groups -OCH3 is 1. The van der Waals surface area contributed by atoms with Gasteiger partial charge in [-0.1, -0.05) is 12.1 Å². The molecule has 1 atom stereocenters. The van der Waals surface area contributed by atoms with Crippen LogP contribution < -0.4 is 4.74 Å². The molecule has 2 aromatic rings. The van der Waals surface area contributed by atoms with E-state index in [1.165, 1.54) is 10.5 Å². The molecule has 0 aliphatic carbocycles. The van der Waals surface area contributed by atoms with Crippen LogP contribution in [-0.2, 0) is 19.8 Å². The fourth-order valence-corrected chi connectivity index (χ4v) is 5.18. The zero-order chi connectivity index (χ0) is 25.0. The van der Waals surface area contributed by atoms with Crippen LogP contribution in [0.25, 0.3) is 0 Å². The predicted molar refractivity (Wildman–Crippen MR) is 132 cm³/mol. The quantitative estimate of drug-likeness (QED) is 0.542. The Hall–Kier alpha value is -3.26. The molecule has 4 rings (SSSR count). The van der Waals surface area contributed by atoms with Crippen LogP contribution in [0.5, 0.6) is 5.75 Å². The van der Waals surface area contributed by atoms with Gasteiger partial charge in [-0.25, -0.2) is 0 Å². The van der Waals surface area contributed by atoms with Gasteiger partial charge >= 0.3 is 0 Å². The van der Waals surface area contributed by atoms with Gasteiger partial charge in [-0.15, -0.1) is 0 Å². The number of pyridine rings is 1. The maximum Gasteiger partial charge on any atom is 0.240 e. The van der Waals surface area contributed by atoms with E-state index in [1.807, 2.05) is 42.1 Å². The standard InChI is InChI=1S/C27H34N4O4/c1-29(2)15-16-31-25(33)19-27(26(31)34,22-5-4-6-23(17-22)35-3)18-24(32)30-13-9-21(10-14-30)20-7-11-28-12-8-20/h4-8,11-12,17,21H,9-10,13-16,18-19H2,1-3H3. The normalized spacial score (nSPS) is 21.1. The first kappa shape index (κ1) is 24.9. The van der Waals surface area contributed by atoms with Crippen LogP contribution in [0, 0.1) is 0 Å². The summed E-state index contributed by atoms with van der Waals surface area (Å²) < 4.78 is 5.39. The molecule has 0 spiro atoms. The van der Waals surface area contributed by atoms with Crippen molar-refractivity contribution in [2.75, 3.05) is 47.4 Å². The number of hydrogen-bond donors (Lipinski definition) is 0. The number of ether oxygens (including phenoxy) is 1. The van der Waals surface area contributed by atoms with Crippen molar-refractivity contribution in [2.24, 2.45) is 0 Å². The SMILES string of the molecule is COc1cccc(C2(CC(=O)N3CCC(c4ccncc4)CC3)CC(=O)N(CCN(C)C)C2=O)c1. The first-order valence-corrected chi connectivity index (χ1v) is 12.2. The number of aromatic nitrogens is 1. The Kier molecular flexibility index (Phi) is 7.50. The molecule has 0 bridgehead atoms. The van der Waals surface area contributed by atoms with Crippen LogP contribution in [0.15, 0.2) is 48.8 Å². The minimum atomic E-state index is -1.21. The van der Waals surface area contributed by atoms with Crippen LogP contribution >= 0.6 is 0 Å². The number of amides is 3. The van der Waals surface area contributed by atoms with Crippen LogP contribution in [0.4, 0.5) is 0 Å². The van der Waals surface area contributed by atoms with Crippen molar-refractivity contribution in [2.45, 2.75) is 37.0 Å². The topological polar surface area (TPSA) is 83.1 Å². The summed E-state index contributed by atoms with van der Waals surface area (Å²) in [6.07, 6.45) is 5.30. The van der Waals surface area contributed by atoms with E-state index in [4.69, 9.17) is 4.74 Å². The van der Waals surface area contributed by atoms with E-state index in [-0.39, 0.29) is 30.6 Å². The van der Waals surface area contributed by atoms with Crippen molar-refractivity contribution >= 4 is 17.7 Å². The van der Waals surface area contributed by atoms with E-state index in [0.29, 0.717) is 43.4 Å². The second-order valence-corrected chi connectivity index (χ2v) is 9.76. The minimum Gasteiger partial charge on any atom is -0.497 e. The highest BCUT2D eigenvalue weighted by molar-refractivity contribution is 6.10. The Bertz CT molecular complexity index is 1070. The molecule has 1 aromatic carbocycles. The number of benzene rings is 1. The molecule has 8 heteroatoms. The highest BCUT2D eigenvalue weighted by Gasteiger charge is 2.54. The van der Waals surface area contributed by atoms with E-state index in [0.717, 1.165) is 12.8 Å². The first-order chi connectivity index (χ1) is 16.8. The minimum absolute atomic E-state index is 0.00828. The fourth-order valence-electron chi connectivity index (χ4n) is 5.18. The maximum absolute atomic E-state index is 13.8. The number of hydrogen-bond acceptors (Lipinski definition) is 6. The van der Waals surface area contributed by atoms with Crippen molar-refractivity contribution in [3.63, 3.8) is 0 Å². The Balaban J connectivity index is 1.55. The van der Waals surface area contributed by atoms with Crippen LogP contribution in [0.3, 0.4) is 0 Å². The van der Waals surface area contributed by atoms with Crippen molar-refractivity contribution in [1.82, 2.24) is 19.7 Å². The van der Waals surface area contributed by atoms with E-state index in [9.17, 15) is 14.4 Å². The zero-order valence-corrected chi connectivity index (χ0v) is 20.8. The summed E-state index contributed by atoms with van der Waals surface area (Å²) in [5, 5.41) is 0. The van der Waals surface area contributed by atoms with Gasteiger partial charge < -0.3 is 14.5 Å². The summed E-state index contributed by atoms with van der Waals surface area (Å²) in [4.78, 5) is 49.5. The lowest BCUT2D eigenvalue weighted by Gasteiger charge is -2.35. The van der Waals surface area contributed by atoms with Gasteiger partial charge in [-0.3, -0.25) is 24.3 Å². The number of carbonyl (C=O) groups is 3. The monoisotopic (exact) mass is 478 g/mol. The number of likely N-dealkylation sites (tertiary alicyclic amines) is 2. The number of piperidine rings is 1. The second-order valence-electron chi connectivity index (χ2n) is 9.76. The van der Waals surface area contributed by atoms with Crippen LogP contribution in [0.1, 0.15) is 42.7 Å². The summed E-state index contributed by atoms with van der Waals surface area (Å²) in [6.45, 7) is 2.14. The molecular weight excluding hydrogens is 444 g/mol. The zero-order valence-electron chi connectivity index (χ0n) is 20.8. The van der Waals surface area contributed by atoms with E-state index in [1.54, 1.807) is 37.7 Å². The third kappa shape index (κ3) is 5.22. The smallest absolute Gasteiger partial charge is 0.240 e. The van der Waals surface area contributed by atoms with Crippen LogP contribution in [0.2, 0.25) is 0 Å². The van der Waals surface area contributed by atoms with Gasteiger partial charge in [0.15, 0.2) is 0 Å². The summed E-state index contributed by atoms with van der Waals surface area (Å²) >= 11 is 0. The van der Waals surface area contributed by atoms with E-state index in [2.05, 4.69) is 4.98 Å². The van der Waals surface area contributed by atoms with E-state index < -0.39 is 5.41 Å². The van der Waals surface area contributed by atoms with Crippen molar-refractivity contribution < 1.29 is 19.1 Å². The Morgan fingerprint density at radius 1 is 1.14 bits per heavy atom. The lowest BCUT2D eigenvalue weighted by molar-refractivity contribution is -0.143. The molecule has 35 heavy (non-hydrogen) atoms. The van der Waals surface area contributed by atoms with Crippen molar-refractivity contribution in [1.29, 1.82) is 0 Å². The molecule has 1 aromatic heterocycles. The molecule has 3 amide bonds. The van der Waals surface area contributed by atoms with Gasteiger partial charge in [0.05, 0.1) is 12.5 Å². The van der Waals surface area contributed by atoms with Gasteiger partial charge in [-0.05, 0) is 68.2 Å². The molecule has 2 aliphatic rings. The van der Waals surface area contributed by atoms with Gasteiger partial charge in [0.25, 0.3) is 0 Å². The van der Waals surface area contributed by atoms with Gasteiger partial charge in [0, 0.05) is 51.4 Å². The number of nitrogens with zero attached hydrogens (tertiary/aromatic N) is 4. The molecule has 186 valence electrons. The number of imide groups is 1. The lowest BCUT2D eigenvalue weighted by Crippen LogP contribution is -2.46. The fraction of sp³-hybridized carbons (Fsp3) is 0.481.